The lowest BCUT2D eigenvalue weighted by molar-refractivity contribution is -0.137. The van der Waals surface area contributed by atoms with Crippen LogP contribution >= 0.6 is 0 Å². The minimum absolute atomic E-state index is 0.0634. The normalized spacial score (nSPS) is 13.2. The molecule has 0 aliphatic heterocycles. The van der Waals surface area contributed by atoms with Crippen LogP contribution in [0.4, 0.5) is 0 Å². The molecule has 0 heterocycles. The Morgan fingerprint density at radius 1 is 1.41 bits per heavy atom. The Bertz CT molecular complexity index is 266. The van der Waals surface area contributed by atoms with Crippen molar-refractivity contribution >= 4 is 11.9 Å². The zero-order valence-electron chi connectivity index (χ0n) is 10.4. The number of amides is 1. The van der Waals surface area contributed by atoms with Gasteiger partial charge in [-0.15, -0.1) is 0 Å². The minimum Gasteiger partial charge on any atom is -0.481 e. The summed E-state index contributed by atoms with van der Waals surface area (Å²) in [5, 5.41) is 19.9. The van der Waals surface area contributed by atoms with Crippen molar-refractivity contribution in [1.82, 2.24) is 5.32 Å². The van der Waals surface area contributed by atoms with Crippen molar-refractivity contribution in [3.8, 4) is 0 Å². The molecule has 0 aromatic rings. The second-order valence-electron chi connectivity index (χ2n) is 4.89. The molecule has 0 aliphatic rings. The van der Waals surface area contributed by atoms with Crippen molar-refractivity contribution in [3.63, 3.8) is 0 Å². The van der Waals surface area contributed by atoms with Crippen molar-refractivity contribution in [2.75, 3.05) is 13.2 Å². The largest absolute Gasteiger partial charge is 0.481 e. The van der Waals surface area contributed by atoms with Crippen LogP contribution in [0.2, 0.25) is 0 Å². The van der Waals surface area contributed by atoms with E-state index >= 15 is 0 Å². The number of aliphatic carboxylic acids is 1. The molecule has 1 unspecified atom stereocenters. The molecule has 0 aromatic carbocycles. The number of aliphatic hydroxyl groups excluding tert-OH is 1. The van der Waals surface area contributed by atoms with Crippen molar-refractivity contribution in [2.24, 2.45) is 11.1 Å². The van der Waals surface area contributed by atoms with Crippen molar-refractivity contribution < 1.29 is 19.8 Å². The standard InChI is InChI=1S/C11H22N2O4/c1-11(2,5-6-14)7-13-10(17)8(12)3-4-9(15)16/h8,14H,3-7,12H2,1-2H3,(H,13,17)(H,15,16). The number of hydrogen-bond donors (Lipinski definition) is 4. The maximum absolute atomic E-state index is 11.5. The first-order valence-electron chi connectivity index (χ1n) is 5.64. The first-order valence-corrected chi connectivity index (χ1v) is 5.64. The van der Waals surface area contributed by atoms with Gasteiger partial charge in [0, 0.05) is 19.6 Å². The van der Waals surface area contributed by atoms with E-state index in [-0.39, 0.29) is 30.8 Å². The van der Waals surface area contributed by atoms with Gasteiger partial charge in [0.1, 0.15) is 0 Å². The van der Waals surface area contributed by atoms with Crippen LogP contribution in [0.5, 0.6) is 0 Å². The summed E-state index contributed by atoms with van der Waals surface area (Å²) in [5.41, 5.74) is 5.35. The fraction of sp³-hybridized carbons (Fsp3) is 0.818. The van der Waals surface area contributed by atoms with E-state index < -0.39 is 12.0 Å². The van der Waals surface area contributed by atoms with Gasteiger partial charge in [-0.1, -0.05) is 13.8 Å². The van der Waals surface area contributed by atoms with Gasteiger partial charge in [-0.3, -0.25) is 9.59 Å². The number of nitrogens with one attached hydrogen (secondary N) is 1. The fourth-order valence-electron chi connectivity index (χ4n) is 1.26. The number of carboxylic acid groups (broad SMARTS) is 1. The first-order chi connectivity index (χ1) is 7.78. The molecule has 0 saturated heterocycles. The zero-order valence-corrected chi connectivity index (χ0v) is 10.4. The fourth-order valence-corrected chi connectivity index (χ4v) is 1.26. The molecule has 5 N–H and O–H groups in total. The summed E-state index contributed by atoms with van der Waals surface area (Å²) in [5.74, 6) is -1.31. The SMILES string of the molecule is CC(C)(CCO)CNC(=O)C(N)CCC(=O)O. The zero-order chi connectivity index (χ0) is 13.5. The molecule has 17 heavy (non-hydrogen) atoms. The Morgan fingerprint density at radius 2 is 2.00 bits per heavy atom. The second-order valence-corrected chi connectivity index (χ2v) is 4.89. The van der Waals surface area contributed by atoms with E-state index in [0.717, 1.165) is 0 Å². The highest BCUT2D eigenvalue weighted by molar-refractivity contribution is 5.82. The Morgan fingerprint density at radius 3 is 2.47 bits per heavy atom. The van der Waals surface area contributed by atoms with Gasteiger partial charge in [0.2, 0.25) is 5.91 Å². The third kappa shape index (κ3) is 7.70. The van der Waals surface area contributed by atoms with Gasteiger partial charge in [-0.2, -0.15) is 0 Å². The molecular weight excluding hydrogens is 224 g/mol. The topological polar surface area (TPSA) is 113 Å². The summed E-state index contributed by atoms with van der Waals surface area (Å²) >= 11 is 0. The number of carboxylic acids is 1. The molecule has 0 spiro atoms. The van der Waals surface area contributed by atoms with Crippen LogP contribution in [0, 0.1) is 5.41 Å². The maximum atomic E-state index is 11.5. The molecule has 1 atom stereocenters. The summed E-state index contributed by atoms with van der Waals surface area (Å²) in [7, 11) is 0. The highest BCUT2D eigenvalue weighted by Gasteiger charge is 2.20. The number of rotatable bonds is 8. The summed E-state index contributed by atoms with van der Waals surface area (Å²) in [6, 6.07) is -0.795. The van der Waals surface area contributed by atoms with Gasteiger partial charge >= 0.3 is 5.97 Å². The molecule has 100 valence electrons. The quantitative estimate of drug-likeness (QED) is 0.470. The number of hydrogen-bond acceptors (Lipinski definition) is 4. The molecule has 1 amide bonds. The average molecular weight is 246 g/mol. The lowest BCUT2D eigenvalue weighted by Crippen LogP contribution is -2.44. The minimum atomic E-state index is -0.964. The summed E-state index contributed by atoms with van der Waals surface area (Å²) in [6.45, 7) is 4.32. The molecule has 0 radical (unpaired) electrons. The number of carbonyl (C=O) groups excluding carboxylic acids is 1. The third-order valence-corrected chi connectivity index (χ3v) is 2.54. The van der Waals surface area contributed by atoms with Gasteiger partial charge in [0.05, 0.1) is 6.04 Å². The lowest BCUT2D eigenvalue weighted by Gasteiger charge is -2.24. The van der Waals surface area contributed by atoms with Crippen molar-refractivity contribution in [1.29, 1.82) is 0 Å². The number of nitrogens with two attached hydrogens (primary N) is 1. The van der Waals surface area contributed by atoms with E-state index in [1.165, 1.54) is 0 Å². The van der Waals surface area contributed by atoms with E-state index in [0.29, 0.717) is 13.0 Å². The molecule has 6 nitrogen and oxygen atoms in total. The predicted octanol–water partition coefficient (Wildman–Crippen LogP) is -0.297. The van der Waals surface area contributed by atoms with E-state index in [9.17, 15) is 9.59 Å². The summed E-state index contributed by atoms with van der Waals surface area (Å²) < 4.78 is 0. The average Bonchev–Trinajstić information content (AvgIpc) is 2.22. The van der Waals surface area contributed by atoms with Crippen LogP contribution < -0.4 is 11.1 Å². The van der Waals surface area contributed by atoms with E-state index in [1.807, 2.05) is 13.8 Å². The van der Waals surface area contributed by atoms with Gasteiger partial charge in [-0.25, -0.2) is 0 Å². The maximum Gasteiger partial charge on any atom is 0.303 e. The molecule has 0 rings (SSSR count). The van der Waals surface area contributed by atoms with Gasteiger partial charge in [0.25, 0.3) is 0 Å². The Kier molecular flexibility index (Phi) is 6.75. The molecule has 0 aromatic heterocycles. The predicted molar refractivity (Wildman–Crippen MR) is 63.3 cm³/mol. The van der Waals surface area contributed by atoms with Gasteiger partial charge in [0.15, 0.2) is 0 Å². The molecular formula is C11H22N2O4. The molecule has 0 saturated carbocycles. The molecule has 0 fully saturated rings. The highest BCUT2D eigenvalue weighted by Crippen LogP contribution is 2.17. The van der Waals surface area contributed by atoms with Gasteiger partial charge < -0.3 is 21.3 Å². The van der Waals surface area contributed by atoms with E-state index in [2.05, 4.69) is 5.32 Å². The third-order valence-electron chi connectivity index (χ3n) is 2.54. The van der Waals surface area contributed by atoms with E-state index in [4.69, 9.17) is 15.9 Å². The lowest BCUT2D eigenvalue weighted by atomic mass is 9.89. The molecule has 0 aliphatic carbocycles. The van der Waals surface area contributed by atoms with Crippen molar-refractivity contribution in [2.45, 2.75) is 39.2 Å². The first kappa shape index (κ1) is 15.9. The van der Waals surface area contributed by atoms with Crippen LogP contribution in [0.3, 0.4) is 0 Å². The smallest absolute Gasteiger partial charge is 0.303 e. The second kappa shape index (κ2) is 7.24. The van der Waals surface area contributed by atoms with Crippen LogP contribution in [-0.2, 0) is 9.59 Å². The van der Waals surface area contributed by atoms with Gasteiger partial charge in [-0.05, 0) is 18.3 Å². The molecule has 0 bridgehead atoms. The summed E-state index contributed by atoms with van der Waals surface area (Å²) in [4.78, 5) is 21.8. The van der Waals surface area contributed by atoms with Crippen LogP contribution in [0.1, 0.15) is 33.1 Å². The number of carbonyl (C=O) groups is 2. The Labute approximate surface area is 101 Å². The number of aliphatic hydroxyl groups is 1. The van der Waals surface area contributed by atoms with Crippen LogP contribution in [-0.4, -0.2) is 41.3 Å². The van der Waals surface area contributed by atoms with Crippen molar-refractivity contribution in [3.05, 3.63) is 0 Å². The molecule has 6 heteroatoms. The Hall–Kier alpha value is -1.14. The van der Waals surface area contributed by atoms with Crippen LogP contribution in [0.15, 0.2) is 0 Å². The Balaban J connectivity index is 3.96. The monoisotopic (exact) mass is 246 g/mol. The summed E-state index contributed by atoms with van der Waals surface area (Å²) in [6.07, 6.45) is 0.591. The van der Waals surface area contributed by atoms with E-state index in [1.54, 1.807) is 0 Å². The van der Waals surface area contributed by atoms with Crippen LogP contribution in [0.25, 0.3) is 0 Å². The highest BCUT2D eigenvalue weighted by atomic mass is 16.4.